The van der Waals surface area contributed by atoms with Crippen LogP contribution in [0, 0.1) is 0 Å². The number of benzene rings is 1. The number of halogens is 1. The van der Waals surface area contributed by atoms with Crippen LogP contribution in [0.4, 0.5) is 0 Å². The Balaban J connectivity index is 1.64. The van der Waals surface area contributed by atoms with E-state index in [0.29, 0.717) is 34.5 Å². The lowest BCUT2D eigenvalue weighted by Crippen LogP contribution is -2.27. The molecule has 0 saturated carbocycles. The summed E-state index contributed by atoms with van der Waals surface area (Å²) in [6, 6.07) is 10.4. The van der Waals surface area contributed by atoms with Gasteiger partial charge in [0.05, 0.1) is 11.1 Å². The fraction of sp³-hybridized carbons (Fsp3) is 0.353. The van der Waals surface area contributed by atoms with Crippen molar-refractivity contribution in [3.05, 3.63) is 53.2 Å². The maximum Gasteiger partial charge on any atom is 0.244 e. The summed E-state index contributed by atoms with van der Waals surface area (Å²) < 4.78 is 26.4. The molecule has 1 N–H and O–H groups in total. The molecule has 25 heavy (non-hydrogen) atoms. The highest BCUT2D eigenvalue weighted by atomic mass is 35.5. The molecule has 3 rings (SSSR count). The number of aliphatic hydroxyl groups excluding tert-OH is 1. The molecule has 0 spiro atoms. The van der Waals surface area contributed by atoms with Crippen LogP contribution < -0.4 is 0 Å². The zero-order chi connectivity index (χ0) is 17.9. The van der Waals surface area contributed by atoms with Gasteiger partial charge in [0.15, 0.2) is 0 Å². The molecule has 0 radical (unpaired) electrons. The van der Waals surface area contributed by atoms with E-state index >= 15 is 0 Å². The Kier molecular flexibility index (Phi) is 6.01. The topological polar surface area (TPSA) is 70.5 Å². The van der Waals surface area contributed by atoms with Crippen LogP contribution in [0.1, 0.15) is 24.5 Å². The summed E-state index contributed by atoms with van der Waals surface area (Å²) in [7, 11) is -3.44. The van der Waals surface area contributed by atoms with E-state index in [9.17, 15) is 13.5 Å². The first-order valence-corrected chi connectivity index (χ1v) is 10.8. The standard InChI is InChI=1S/C17H19ClN2O3S2/c18-15-6-2-1-5-14(15)16(21)12-24-17-8-7-13(11-19-17)25(22,23)20-9-3-4-10-20/h1-2,5-8,11,16,21H,3-4,9-10,12H2. The monoisotopic (exact) mass is 398 g/mol. The average molecular weight is 399 g/mol. The Morgan fingerprint density at radius 2 is 1.92 bits per heavy atom. The lowest BCUT2D eigenvalue weighted by Gasteiger charge is -2.15. The Bertz CT molecular complexity index is 822. The number of rotatable bonds is 6. The number of aliphatic hydroxyl groups is 1. The van der Waals surface area contributed by atoms with Crippen LogP contribution in [0.25, 0.3) is 0 Å². The molecular formula is C17H19ClN2O3S2. The maximum absolute atomic E-state index is 12.5. The van der Waals surface area contributed by atoms with E-state index in [-0.39, 0.29) is 4.90 Å². The van der Waals surface area contributed by atoms with E-state index in [1.807, 2.05) is 12.1 Å². The van der Waals surface area contributed by atoms with Gasteiger partial charge < -0.3 is 5.11 Å². The predicted octanol–water partition coefficient (Wildman–Crippen LogP) is 3.35. The zero-order valence-corrected chi connectivity index (χ0v) is 15.9. The van der Waals surface area contributed by atoms with Crippen molar-refractivity contribution in [2.24, 2.45) is 0 Å². The number of hydrogen-bond donors (Lipinski definition) is 1. The van der Waals surface area contributed by atoms with E-state index in [1.165, 1.54) is 22.3 Å². The van der Waals surface area contributed by atoms with E-state index < -0.39 is 16.1 Å². The Morgan fingerprint density at radius 1 is 1.20 bits per heavy atom. The van der Waals surface area contributed by atoms with Crippen molar-refractivity contribution in [2.45, 2.75) is 28.9 Å². The summed E-state index contributed by atoms with van der Waals surface area (Å²) in [5.41, 5.74) is 0.671. The molecule has 1 aliphatic heterocycles. The van der Waals surface area contributed by atoms with Gasteiger partial charge in [0.1, 0.15) is 4.90 Å². The summed E-state index contributed by atoms with van der Waals surface area (Å²) in [6.07, 6.45) is 2.48. The van der Waals surface area contributed by atoms with Crippen LogP contribution in [0.15, 0.2) is 52.5 Å². The minimum absolute atomic E-state index is 0.213. The largest absolute Gasteiger partial charge is 0.387 e. The molecule has 1 aromatic carbocycles. The average Bonchev–Trinajstić information content (AvgIpc) is 3.16. The first-order valence-electron chi connectivity index (χ1n) is 8.00. The molecule has 5 nitrogen and oxygen atoms in total. The highest BCUT2D eigenvalue weighted by Crippen LogP contribution is 2.28. The third kappa shape index (κ3) is 4.35. The summed E-state index contributed by atoms with van der Waals surface area (Å²) in [5.74, 6) is 0.384. The number of sulfonamides is 1. The van der Waals surface area contributed by atoms with E-state index in [1.54, 1.807) is 24.3 Å². The van der Waals surface area contributed by atoms with Crippen molar-refractivity contribution in [2.75, 3.05) is 18.8 Å². The molecule has 134 valence electrons. The van der Waals surface area contributed by atoms with E-state index in [2.05, 4.69) is 4.98 Å². The zero-order valence-electron chi connectivity index (χ0n) is 13.5. The van der Waals surface area contributed by atoms with Crippen molar-refractivity contribution in [1.82, 2.24) is 9.29 Å². The molecule has 1 saturated heterocycles. The van der Waals surface area contributed by atoms with Crippen LogP contribution >= 0.6 is 23.4 Å². The third-order valence-electron chi connectivity index (χ3n) is 4.07. The first kappa shape index (κ1) is 18.7. The Hall–Kier alpha value is -1.12. The quantitative estimate of drug-likeness (QED) is 0.755. The number of hydrogen-bond acceptors (Lipinski definition) is 5. The summed E-state index contributed by atoms with van der Waals surface area (Å²) in [5, 5.41) is 11.4. The van der Waals surface area contributed by atoms with Crippen molar-refractivity contribution in [3.8, 4) is 0 Å². The molecule has 1 aromatic heterocycles. The smallest absolute Gasteiger partial charge is 0.244 e. The Labute approximate surface area is 157 Å². The van der Waals surface area contributed by atoms with E-state index in [0.717, 1.165) is 12.8 Å². The lowest BCUT2D eigenvalue weighted by molar-refractivity contribution is 0.204. The third-order valence-corrected chi connectivity index (χ3v) is 7.31. The van der Waals surface area contributed by atoms with Crippen LogP contribution in [-0.2, 0) is 10.0 Å². The van der Waals surface area contributed by atoms with Crippen molar-refractivity contribution < 1.29 is 13.5 Å². The van der Waals surface area contributed by atoms with Gasteiger partial charge in [-0.1, -0.05) is 29.8 Å². The number of pyridine rings is 1. The van der Waals surface area contributed by atoms with Gasteiger partial charge >= 0.3 is 0 Å². The fourth-order valence-electron chi connectivity index (χ4n) is 2.68. The van der Waals surface area contributed by atoms with Gasteiger partial charge in [0.2, 0.25) is 10.0 Å². The predicted molar refractivity (Wildman–Crippen MR) is 99.4 cm³/mol. The van der Waals surface area contributed by atoms with Gasteiger partial charge in [0.25, 0.3) is 0 Å². The SMILES string of the molecule is O=S(=O)(c1ccc(SCC(O)c2ccccc2Cl)nc1)N1CCCC1. The van der Waals surface area contributed by atoms with Gasteiger partial charge in [-0.05, 0) is 36.6 Å². The van der Waals surface area contributed by atoms with Gasteiger partial charge in [-0.15, -0.1) is 11.8 Å². The maximum atomic E-state index is 12.5. The van der Waals surface area contributed by atoms with Crippen LogP contribution in [-0.4, -0.2) is 41.7 Å². The highest BCUT2D eigenvalue weighted by Gasteiger charge is 2.27. The molecule has 1 unspecified atom stereocenters. The van der Waals surface area contributed by atoms with Crippen LogP contribution in [0.3, 0.4) is 0 Å². The first-order chi connectivity index (χ1) is 12.0. The second kappa shape index (κ2) is 8.05. The molecule has 0 aliphatic carbocycles. The number of thioether (sulfide) groups is 1. The second-order valence-electron chi connectivity index (χ2n) is 5.79. The number of nitrogens with zero attached hydrogens (tertiary/aromatic N) is 2. The summed E-state index contributed by atoms with van der Waals surface area (Å²) >= 11 is 7.43. The van der Waals surface area contributed by atoms with Crippen molar-refractivity contribution in [3.63, 3.8) is 0 Å². The molecule has 0 amide bonds. The molecule has 2 heterocycles. The van der Waals surface area contributed by atoms with Crippen LogP contribution in [0.2, 0.25) is 5.02 Å². The Morgan fingerprint density at radius 3 is 2.56 bits per heavy atom. The van der Waals surface area contributed by atoms with Crippen molar-refractivity contribution in [1.29, 1.82) is 0 Å². The van der Waals surface area contributed by atoms with Gasteiger partial charge in [-0.3, -0.25) is 0 Å². The molecule has 1 atom stereocenters. The minimum Gasteiger partial charge on any atom is -0.387 e. The van der Waals surface area contributed by atoms with Crippen molar-refractivity contribution >= 4 is 33.4 Å². The molecule has 2 aromatic rings. The van der Waals surface area contributed by atoms with Crippen LogP contribution in [0.5, 0.6) is 0 Å². The normalized spacial score (nSPS) is 16.9. The van der Waals surface area contributed by atoms with Gasteiger partial charge in [-0.25, -0.2) is 13.4 Å². The summed E-state index contributed by atoms with van der Waals surface area (Å²) in [4.78, 5) is 4.43. The molecule has 1 fully saturated rings. The minimum atomic E-state index is -3.44. The molecule has 8 heteroatoms. The fourth-order valence-corrected chi connectivity index (χ4v) is 5.21. The summed E-state index contributed by atoms with van der Waals surface area (Å²) in [6.45, 7) is 1.14. The molecule has 1 aliphatic rings. The van der Waals surface area contributed by atoms with Gasteiger partial charge in [-0.2, -0.15) is 4.31 Å². The highest BCUT2D eigenvalue weighted by molar-refractivity contribution is 7.99. The van der Waals surface area contributed by atoms with Gasteiger partial charge in [0, 0.05) is 30.1 Å². The lowest BCUT2D eigenvalue weighted by atomic mass is 10.1. The number of aromatic nitrogens is 1. The molecular weight excluding hydrogens is 380 g/mol. The second-order valence-corrected chi connectivity index (χ2v) is 9.18. The van der Waals surface area contributed by atoms with E-state index in [4.69, 9.17) is 11.6 Å². The molecule has 0 bridgehead atoms.